The van der Waals surface area contributed by atoms with Gasteiger partial charge in [-0.25, -0.2) is 0 Å². The van der Waals surface area contributed by atoms with Crippen LogP contribution in [0, 0.1) is 0 Å². The van der Waals surface area contributed by atoms with Crippen molar-refractivity contribution in [2.75, 3.05) is 13.1 Å². The van der Waals surface area contributed by atoms with Gasteiger partial charge in [-0.2, -0.15) is 0 Å². The van der Waals surface area contributed by atoms with Crippen molar-refractivity contribution in [1.82, 2.24) is 10.6 Å². The van der Waals surface area contributed by atoms with Crippen molar-refractivity contribution < 1.29 is 9.59 Å². The van der Waals surface area contributed by atoms with Gasteiger partial charge < -0.3 is 10.6 Å². The Bertz CT molecular complexity index is 416. The molecule has 0 radical (unpaired) electrons. The Kier molecular flexibility index (Phi) is 22.4. The molecular formula is C26H48N2O2. The number of rotatable bonds is 21. The van der Waals surface area contributed by atoms with Gasteiger partial charge >= 0.3 is 0 Å². The van der Waals surface area contributed by atoms with Crippen LogP contribution in [0.5, 0.6) is 0 Å². The molecule has 0 aliphatic rings. The molecule has 0 bridgehead atoms. The largest absolute Gasteiger partial charge is 0.353 e. The lowest BCUT2D eigenvalue weighted by Crippen LogP contribution is -2.22. The summed E-state index contributed by atoms with van der Waals surface area (Å²) in [6.07, 6.45) is 26.4. The van der Waals surface area contributed by atoms with E-state index in [1.54, 1.807) is 12.2 Å². The summed E-state index contributed by atoms with van der Waals surface area (Å²) in [5.41, 5.74) is 0. The van der Waals surface area contributed by atoms with Crippen molar-refractivity contribution in [2.24, 2.45) is 0 Å². The number of carbonyl (C=O) groups is 2. The quantitative estimate of drug-likeness (QED) is 0.125. The summed E-state index contributed by atoms with van der Waals surface area (Å²) in [6.45, 7) is 5.92. The summed E-state index contributed by atoms with van der Waals surface area (Å²) in [7, 11) is 0. The fraction of sp³-hybridized carbons (Fsp3) is 0.769. The van der Waals surface area contributed by atoms with Crippen LogP contribution >= 0.6 is 0 Å². The summed E-state index contributed by atoms with van der Waals surface area (Å²) < 4.78 is 0. The van der Waals surface area contributed by atoms with Crippen molar-refractivity contribution >= 4 is 11.8 Å². The molecule has 0 unspecified atom stereocenters. The molecular weight excluding hydrogens is 372 g/mol. The molecule has 4 nitrogen and oxygen atoms in total. The lowest BCUT2D eigenvalue weighted by Gasteiger charge is -2.03. The molecule has 30 heavy (non-hydrogen) atoms. The summed E-state index contributed by atoms with van der Waals surface area (Å²) in [5.74, 6) is -0.191. The zero-order valence-corrected chi connectivity index (χ0v) is 19.9. The molecule has 0 heterocycles. The lowest BCUT2D eigenvalue weighted by molar-refractivity contribution is -0.117. The van der Waals surface area contributed by atoms with E-state index in [4.69, 9.17) is 0 Å². The van der Waals surface area contributed by atoms with Crippen molar-refractivity contribution in [2.45, 2.75) is 117 Å². The molecule has 0 aromatic heterocycles. The molecule has 0 atom stereocenters. The van der Waals surface area contributed by atoms with E-state index >= 15 is 0 Å². The van der Waals surface area contributed by atoms with E-state index in [1.165, 1.54) is 102 Å². The van der Waals surface area contributed by atoms with Gasteiger partial charge in [-0.3, -0.25) is 9.59 Å². The summed E-state index contributed by atoms with van der Waals surface area (Å²) in [4.78, 5) is 23.4. The zero-order valence-electron chi connectivity index (χ0n) is 19.9. The molecule has 4 heteroatoms. The fourth-order valence-electron chi connectivity index (χ4n) is 3.34. The van der Waals surface area contributed by atoms with Gasteiger partial charge in [-0.05, 0) is 12.8 Å². The maximum Gasteiger partial charge on any atom is 0.243 e. The minimum absolute atomic E-state index is 0.0954. The van der Waals surface area contributed by atoms with Crippen molar-refractivity contribution in [1.29, 1.82) is 0 Å². The fourth-order valence-corrected chi connectivity index (χ4v) is 3.34. The Morgan fingerprint density at radius 3 is 1.13 bits per heavy atom. The van der Waals surface area contributed by atoms with Crippen LogP contribution in [0.4, 0.5) is 0 Å². The van der Waals surface area contributed by atoms with E-state index in [0.717, 1.165) is 25.9 Å². The molecule has 0 saturated heterocycles. The van der Waals surface area contributed by atoms with E-state index < -0.39 is 0 Å². The Morgan fingerprint density at radius 2 is 0.800 bits per heavy atom. The molecule has 0 saturated carbocycles. The number of hydrogen-bond acceptors (Lipinski definition) is 2. The van der Waals surface area contributed by atoms with Gasteiger partial charge in [0, 0.05) is 25.2 Å². The zero-order chi connectivity index (χ0) is 22.1. The summed E-state index contributed by atoms with van der Waals surface area (Å²) in [5, 5.41) is 5.78. The average Bonchev–Trinajstić information content (AvgIpc) is 2.74. The highest BCUT2D eigenvalue weighted by molar-refractivity contribution is 5.89. The molecule has 0 spiro atoms. The molecule has 2 amide bonds. The molecule has 174 valence electrons. The van der Waals surface area contributed by atoms with Crippen LogP contribution in [-0.2, 0) is 9.59 Å². The minimum Gasteiger partial charge on any atom is -0.353 e. The Labute approximate surface area is 186 Å². The first-order chi connectivity index (χ1) is 14.7. The second-order valence-electron chi connectivity index (χ2n) is 8.25. The van der Waals surface area contributed by atoms with Crippen molar-refractivity contribution in [3.63, 3.8) is 0 Å². The van der Waals surface area contributed by atoms with Gasteiger partial charge in [-0.15, -0.1) is 0 Å². The molecule has 0 rings (SSSR count). The highest BCUT2D eigenvalue weighted by Gasteiger charge is 1.96. The van der Waals surface area contributed by atoms with E-state index in [-0.39, 0.29) is 11.8 Å². The molecule has 0 aliphatic heterocycles. The lowest BCUT2D eigenvalue weighted by atomic mass is 10.1. The predicted molar refractivity (Wildman–Crippen MR) is 130 cm³/mol. The first-order valence-corrected chi connectivity index (χ1v) is 12.6. The highest BCUT2D eigenvalue weighted by Crippen LogP contribution is 2.08. The Morgan fingerprint density at radius 1 is 0.500 bits per heavy atom. The normalized spacial score (nSPS) is 11.4. The maximum atomic E-state index is 11.7. The van der Waals surface area contributed by atoms with E-state index in [0.29, 0.717) is 0 Å². The predicted octanol–water partition coefficient (Wildman–Crippen LogP) is 6.61. The number of carbonyl (C=O) groups excluding carboxylic acids is 2. The molecule has 2 N–H and O–H groups in total. The standard InChI is InChI=1S/C26H48N2O2/c1-3-5-7-9-11-13-15-19-23-27-25(29)21-17-18-22-26(30)28-24-20-16-14-12-10-8-6-4-2/h17-18,21-22H,3-16,19-20,23-24H2,1-2H3,(H,27,29)(H,28,30)/b21-17-,22-18-. The number of allylic oxidation sites excluding steroid dienone is 2. The van der Waals surface area contributed by atoms with Crippen LogP contribution in [-0.4, -0.2) is 24.9 Å². The third kappa shape index (κ3) is 22.7. The molecule has 0 fully saturated rings. The van der Waals surface area contributed by atoms with Gasteiger partial charge in [0.1, 0.15) is 0 Å². The second-order valence-corrected chi connectivity index (χ2v) is 8.25. The van der Waals surface area contributed by atoms with E-state index in [1.807, 2.05) is 0 Å². The first kappa shape index (κ1) is 28.4. The van der Waals surface area contributed by atoms with Crippen LogP contribution in [0.2, 0.25) is 0 Å². The number of nitrogens with one attached hydrogen (secondary N) is 2. The number of amides is 2. The third-order valence-electron chi connectivity index (χ3n) is 5.27. The Balaban J connectivity index is 3.51. The smallest absolute Gasteiger partial charge is 0.243 e. The third-order valence-corrected chi connectivity index (χ3v) is 5.27. The van der Waals surface area contributed by atoms with Gasteiger partial charge in [0.25, 0.3) is 0 Å². The topological polar surface area (TPSA) is 58.2 Å². The maximum absolute atomic E-state index is 11.7. The van der Waals surface area contributed by atoms with Crippen LogP contribution in [0.1, 0.15) is 117 Å². The SMILES string of the molecule is CCCCCCCCCCNC(=O)/C=C\C=C/C(=O)NCCCCCCCCCC. The molecule has 0 aromatic rings. The summed E-state index contributed by atoms with van der Waals surface area (Å²) >= 11 is 0. The number of unbranched alkanes of at least 4 members (excludes halogenated alkanes) is 14. The van der Waals surface area contributed by atoms with Crippen LogP contribution in [0.25, 0.3) is 0 Å². The van der Waals surface area contributed by atoms with Gasteiger partial charge in [-0.1, -0.05) is 116 Å². The highest BCUT2D eigenvalue weighted by atomic mass is 16.2. The minimum atomic E-state index is -0.0954. The van der Waals surface area contributed by atoms with E-state index in [2.05, 4.69) is 24.5 Å². The Hall–Kier alpha value is -1.58. The van der Waals surface area contributed by atoms with Crippen molar-refractivity contribution in [3.8, 4) is 0 Å². The van der Waals surface area contributed by atoms with Crippen LogP contribution in [0.15, 0.2) is 24.3 Å². The monoisotopic (exact) mass is 420 g/mol. The number of hydrogen-bond donors (Lipinski definition) is 2. The molecule has 0 aliphatic carbocycles. The van der Waals surface area contributed by atoms with Crippen molar-refractivity contribution in [3.05, 3.63) is 24.3 Å². The van der Waals surface area contributed by atoms with Crippen LogP contribution in [0.3, 0.4) is 0 Å². The first-order valence-electron chi connectivity index (χ1n) is 12.6. The summed E-state index contributed by atoms with van der Waals surface area (Å²) in [6, 6.07) is 0. The van der Waals surface area contributed by atoms with E-state index in [9.17, 15) is 9.59 Å². The van der Waals surface area contributed by atoms with Crippen LogP contribution < -0.4 is 10.6 Å². The molecule has 0 aromatic carbocycles. The second kappa shape index (κ2) is 23.7. The van der Waals surface area contributed by atoms with Gasteiger partial charge in [0.05, 0.1) is 0 Å². The van der Waals surface area contributed by atoms with Gasteiger partial charge in [0.15, 0.2) is 0 Å². The van der Waals surface area contributed by atoms with Gasteiger partial charge in [0.2, 0.25) is 11.8 Å². The average molecular weight is 421 g/mol.